The summed E-state index contributed by atoms with van der Waals surface area (Å²) >= 11 is 5.95. The van der Waals surface area contributed by atoms with Gasteiger partial charge in [-0.3, -0.25) is 14.9 Å². The molecule has 0 fully saturated rings. The number of fused-ring (bicyclic) bond motifs is 1. The van der Waals surface area contributed by atoms with Gasteiger partial charge < -0.3 is 9.88 Å². The zero-order valence-corrected chi connectivity index (χ0v) is 14.8. The Morgan fingerprint density at radius 3 is 2.73 bits per heavy atom. The summed E-state index contributed by atoms with van der Waals surface area (Å²) in [4.78, 5) is 28.2. The predicted molar refractivity (Wildman–Crippen MR) is 103 cm³/mol. The first-order valence-corrected chi connectivity index (χ1v) is 8.33. The second-order valence-corrected chi connectivity index (χ2v) is 6.07. The van der Waals surface area contributed by atoms with Crippen LogP contribution in [0.5, 0.6) is 0 Å². The minimum absolute atomic E-state index is 0.151. The van der Waals surface area contributed by atoms with E-state index in [-0.39, 0.29) is 18.4 Å². The van der Waals surface area contributed by atoms with Crippen LogP contribution in [-0.2, 0) is 16.6 Å². The highest BCUT2D eigenvalue weighted by atomic mass is 35.5. The van der Waals surface area contributed by atoms with Gasteiger partial charge in [0.2, 0.25) is 17.8 Å². The van der Waals surface area contributed by atoms with Gasteiger partial charge in [-0.25, -0.2) is 4.98 Å². The van der Waals surface area contributed by atoms with Gasteiger partial charge in [-0.05, 0) is 29.8 Å². The average Bonchev–Trinajstić information content (AvgIpc) is 2.94. The quantitative estimate of drug-likeness (QED) is 0.680. The SMILES string of the molecule is Cn1c(NC(=O)CNC(=O)/C=C/c2ccccc2)nc2cc(Cl)ccc21. The van der Waals surface area contributed by atoms with Crippen molar-refractivity contribution < 1.29 is 9.59 Å². The van der Waals surface area contributed by atoms with Gasteiger partial charge in [0, 0.05) is 18.1 Å². The highest BCUT2D eigenvalue weighted by molar-refractivity contribution is 6.31. The van der Waals surface area contributed by atoms with Gasteiger partial charge in [-0.15, -0.1) is 0 Å². The van der Waals surface area contributed by atoms with E-state index >= 15 is 0 Å². The van der Waals surface area contributed by atoms with Crippen molar-refractivity contribution in [2.45, 2.75) is 0 Å². The van der Waals surface area contributed by atoms with E-state index in [0.29, 0.717) is 16.5 Å². The van der Waals surface area contributed by atoms with Crippen LogP contribution in [0.25, 0.3) is 17.1 Å². The van der Waals surface area contributed by atoms with E-state index in [0.717, 1.165) is 11.1 Å². The van der Waals surface area contributed by atoms with Gasteiger partial charge in [0.25, 0.3) is 0 Å². The minimum Gasteiger partial charge on any atom is -0.343 e. The first kappa shape index (κ1) is 17.7. The van der Waals surface area contributed by atoms with Gasteiger partial charge in [-0.2, -0.15) is 0 Å². The van der Waals surface area contributed by atoms with Crippen LogP contribution >= 0.6 is 11.6 Å². The van der Waals surface area contributed by atoms with Gasteiger partial charge in [0.1, 0.15) is 0 Å². The number of imidazole rings is 1. The van der Waals surface area contributed by atoms with Crippen LogP contribution in [0.2, 0.25) is 5.02 Å². The van der Waals surface area contributed by atoms with E-state index in [1.807, 2.05) is 36.4 Å². The number of nitrogens with one attached hydrogen (secondary N) is 2. The van der Waals surface area contributed by atoms with Gasteiger partial charge >= 0.3 is 0 Å². The second kappa shape index (κ2) is 7.84. The number of hydrogen-bond donors (Lipinski definition) is 2. The molecule has 3 aromatic rings. The number of anilines is 1. The van der Waals surface area contributed by atoms with Crippen LogP contribution < -0.4 is 10.6 Å². The number of halogens is 1. The van der Waals surface area contributed by atoms with E-state index in [4.69, 9.17) is 11.6 Å². The molecule has 0 spiro atoms. The third kappa shape index (κ3) is 4.29. The smallest absolute Gasteiger partial charge is 0.246 e. The summed E-state index contributed by atoms with van der Waals surface area (Å²) < 4.78 is 1.75. The van der Waals surface area contributed by atoms with E-state index in [2.05, 4.69) is 15.6 Å². The standard InChI is InChI=1S/C19H17ClN4O2/c1-24-16-9-8-14(20)11-15(16)22-19(24)23-18(26)12-21-17(25)10-7-13-5-3-2-4-6-13/h2-11H,12H2,1H3,(H,21,25)(H,22,23,26)/b10-7+. The number of nitrogens with zero attached hydrogens (tertiary/aromatic N) is 2. The number of hydrogen-bond acceptors (Lipinski definition) is 3. The Labute approximate surface area is 155 Å². The van der Waals surface area contributed by atoms with Crippen molar-refractivity contribution >= 4 is 46.5 Å². The molecule has 0 aliphatic rings. The second-order valence-electron chi connectivity index (χ2n) is 5.64. The summed E-state index contributed by atoms with van der Waals surface area (Å²) in [7, 11) is 1.79. The Kier molecular flexibility index (Phi) is 5.34. The van der Waals surface area contributed by atoms with Crippen molar-refractivity contribution in [2.75, 3.05) is 11.9 Å². The van der Waals surface area contributed by atoms with Crippen LogP contribution in [0.1, 0.15) is 5.56 Å². The molecule has 6 nitrogen and oxygen atoms in total. The maximum Gasteiger partial charge on any atom is 0.246 e. The Hall–Kier alpha value is -3.12. The lowest BCUT2D eigenvalue weighted by atomic mass is 10.2. The van der Waals surface area contributed by atoms with E-state index < -0.39 is 0 Å². The van der Waals surface area contributed by atoms with Crippen molar-refractivity contribution in [1.29, 1.82) is 0 Å². The topological polar surface area (TPSA) is 76.0 Å². The van der Waals surface area contributed by atoms with Gasteiger partial charge in [-0.1, -0.05) is 41.9 Å². The molecule has 0 aliphatic heterocycles. The zero-order chi connectivity index (χ0) is 18.5. The number of rotatable bonds is 5. The molecule has 132 valence electrons. The predicted octanol–water partition coefficient (Wildman–Crippen LogP) is 2.99. The molecule has 0 bridgehead atoms. The molecule has 7 heteroatoms. The summed E-state index contributed by atoms with van der Waals surface area (Å²) in [6.45, 7) is -0.151. The Morgan fingerprint density at radius 2 is 1.96 bits per heavy atom. The Bertz CT molecular complexity index is 980. The van der Waals surface area contributed by atoms with Gasteiger partial charge in [0.05, 0.1) is 17.6 Å². The van der Waals surface area contributed by atoms with Crippen molar-refractivity contribution in [3.05, 3.63) is 65.2 Å². The molecule has 0 aliphatic carbocycles. The van der Waals surface area contributed by atoms with Crippen LogP contribution in [0.3, 0.4) is 0 Å². The fourth-order valence-corrected chi connectivity index (χ4v) is 2.58. The molecular weight excluding hydrogens is 352 g/mol. The van der Waals surface area contributed by atoms with E-state index in [1.54, 1.807) is 29.8 Å². The number of aromatic nitrogens is 2. The molecule has 3 rings (SSSR count). The lowest BCUT2D eigenvalue weighted by Gasteiger charge is -2.05. The van der Waals surface area contributed by atoms with Gasteiger partial charge in [0.15, 0.2) is 0 Å². The summed E-state index contributed by atoms with van der Waals surface area (Å²) in [5.74, 6) is -0.321. The molecule has 0 radical (unpaired) electrons. The lowest BCUT2D eigenvalue weighted by Crippen LogP contribution is -2.32. The third-order valence-corrected chi connectivity index (χ3v) is 3.98. The fraction of sp³-hybridized carbons (Fsp3) is 0.105. The van der Waals surface area contributed by atoms with Crippen molar-refractivity contribution in [2.24, 2.45) is 7.05 Å². The van der Waals surface area contributed by atoms with Crippen LogP contribution in [0, 0.1) is 0 Å². The highest BCUT2D eigenvalue weighted by Gasteiger charge is 2.11. The summed E-state index contributed by atoms with van der Waals surface area (Å²) in [5, 5.41) is 5.79. The minimum atomic E-state index is -0.365. The fourth-order valence-electron chi connectivity index (χ4n) is 2.42. The molecule has 2 amide bonds. The van der Waals surface area contributed by atoms with Crippen molar-refractivity contribution in [1.82, 2.24) is 14.9 Å². The van der Waals surface area contributed by atoms with E-state index in [9.17, 15) is 9.59 Å². The van der Waals surface area contributed by atoms with E-state index in [1.165, 1.54) is 6.08 Å². The van der Waals surface area contributed by atoms with Crippen LogP contribution in [0.4, 0.5) is 5.95 Å². The summed E-state index contributed by atoms with van der Waals surface area (Å²) in [6.07, 6.45) is 3.07. The largest absolute Gasteiger partial charge is 0.343 e. The molecule has 1 heterocycles. The van der Waals surface area contributed by atoms with Crippen molar-refractivity contribution in [3.8, 4) is 0 Å². The molecule has 26 heavy (non-hydrogen) atoms. The molecular formula is C19H17ClN4O2. The number of benzene rings is 2. The van der Waals surface area contributed by atoms with Crippen LogP contribution in [0.15, 0.2) is 54.6 Å². The Morgan fingerprint density at radius 1 is 1.19 bits per heavy atom. The number of carbonyl (C=O) groups is 2. The summed E-state index contributed by atoms with van der Waals surface area (Å²) in [5.41, 5.74) is 2.44. The third-order valence-electron chi connectivity index (χ3n) is 3.74. The zero-order valence-electron chi connectivity index (χ0n) is 14.1. The molecule has 2 N–H and O–H groups in total. The maximum atomic E-state index is 12.1. The maximum absolute atomic E-state index is 12.1. The monoisotopic (exact) mass is 368 g/mol. The number of aryl methyl sites for hydroxylation is 1. The summed E-state index contributed by atoms with van der Waals surface area (Å²) in [6, 6.07) is 14.7. The first-order chi connectivity index (χ1) is 12.5. The molecule has 0 saturated carbocycles. The average molecular weight is 369 g/mol. The normalized spacial score (nSPS) is 11.0. The number of carbonyl (C=O) groups excluding carboxylic acids is 2. The molecule has 0 unspecified atom stereocenters. The molecule has 1 aromatic heterocycles. The van der Waals surface area contributed by atoms with Crippen molar-refractivity contribution in [3.63, 3.8) is 0 Å². The molecule has 2 aromatic carbocycles. The Balaban J connectivity index is 1.57. The molecule has 0 saturated heterocycles. The van der Waals surface area contributed by atoms with Crippen LogP contribution in [-0.4, -0.2) is 27.9 Å². The highest BCUT2D eigenvalue weighted by Crippen LogP contribution is 2.21. The number of amides is 2. The first-order valence-electron chi connectivity index (χ1n) is 7.96. The molecule has 0 atom stereocenters. The lowest BCUT2D eigenvalue weighted by molar-refractivity contribution is -0.121.